The predicted molar refractivity (Wildman–Crippen MR) is 54.8 cm³/mol. The van der Waals surface area contributed by atoms with Gasteiger partial charge in [-0.15, -0.1) is 10.2 Å². The number of rotatable bonds is 3. The molecule has 0 bridgehead atoms. The van der Waals surface area contributed by atoms with E-state index in [2.05, 4.69) is 31.5 Å². The molecule has 5 heteroatoms. The number of nitrogens with zero attached hydrogens (tertiary/aromatic N) is 2. The Morgan fingerprint density at radius 2 is 2.00 bits per heavy atom. The first-order chi connectivity index (χ1) is 6.71. The van der Waals surface area contributed by atoms with Crippen LogP contribution < -0.4 is 5.32 Å². The van der Waals surface area contributed by atoms with Crippen molar-refractivity contribution in [1.82, 2.24) is 5.32 Å². The average molecular weight is 254 g/mol. The van der Waals surface area contributed by atoms with Crippen LogP contribution in [0.4, 0.5) is 0 Å². The molecule has 1 aliphatic rings. The van der Waals surface area contributed by atoms with Crippen LogP contribution in [0.2, 0.25) is 0 Å². The molecule has 0 aliphatic carbocycles. The maximum absolute atomic E-state index is 11.4. The van der Waals surface area contributed by atoms with E-state index in [0.29, 0.717) is 6.54 Å². The number of benzene rings is 1. The third-order valence-electron chi connectivity index (χ3n) is 1.86. The Balaban J connectivity index is 1.86. The third kappa shape index (κ3) is 1.98. The minimum absolute atomic E-state index is 0.221. The van der Waals surface area contributed by atoms with E-state index < -0.39 is 4.57 Å². The van der Waals surface area contributed by atoms with E-state index in [9.17, 15) is 4.79 Å². The predicted octanol–water partition coefficient (Wildman–Crippen LogP) is 1.82. The van der Waals surface area contributed by atoms with Crippen LogP contribution in [0.3, 0.4) is 0 Å². The van der Waals surface area contributed by atoms with Gasteiger partial charge in [0.1, 0.15) is 0 Å². The second-order valence-electron chi connectivity index (χ2n) is 2.96. The summed E-state index contributed by atoms with van der Waals surface area (Å²) in [6.45, 7) is 0.498. The van der Waals surface area contributed by atoms with Gasteiger partial charge in [0.15, 0.2) is 0 Å². The van der Waals surface area contributed by atoms with E-state index in [1.807, 2.05) is 30.3 Å². The van der Waals surface area contributed by atoms with Crippen molar-refractivity contribution in [3.63, 3.8) is 0 Å². The molecule has 0 saturated heterocycles. The Bertz CT molecular complexity index is 371. The molecule has 0 atom stereocenters. The van der Waals surface area contributed by atoms with Crippen LogP contribution in [0.1, 0.15) is 5.56 Å². The molecule has 1 heterocycles. The van der Waals surface area contributed by atoms with Crippen molar-refractivity contribution in [3.05, 3.63) is 35.9 Å². The van der Waals surface area contributed by atoms with Gasteiger partial charge in [0.2, 0.25) is 0 Å². The zero-order chi connectivity index (χ0) is 10.0. The second kappa shape index (κ2) is 3.49. The highest BCUT2D eigenvalue weighted by Crippen LogP contribution is 2.34. The molecule has 1 aliphatic heterocycles. The van der Waals surface area contributed by atoms with Crippen molar-refractivity contribution in [1.29, 1.82) is 0 Å². The van der Waals surface area contributed by atoms with Crippen LogP contribution in [-0.2, 0) is 11.3 Å². The minimum Gasteiger partial charge on any atom is -0.347 e. The van der Waals surface area contributed by atoms with Crippen molar-refractivity contribution in [2.75, 3.05) is 0 Å². The molecular weight excluding hydrogens is 246 g/mol. The molecule has 1 aromatic rings. The SMILES string of the molecule is O=C(NCc1ccccc1)C1(Br)N=N1. The zero-order valence-corrected chi connectivity index (χ0v) is 8.86. The van der Waals surface area contributed by atoms with Gasteiger partial charge in [-0.25, -0.2) is 0 Å². The maximum atomic E-state index is 11.4. The Labute approximate surface area is 89.5 Å². The molecule has 4 nitrogen and oxygen atoms in total. The first-order valence-electron chi connectivity index (χ1n) is 4.16. The summed E-state index contributed by atoms with van der Waals surface area (Å²) < 4.78 is -0.998. The van der Waals surface area contributed by atoms with Crippen molar-refractivity contribution in [2.24, 2.45) is 10.2 Å². The van der Waals surface area contributed by atoms with Crippen LogP contribution in [0.15, 0.2) is 40.6 Å². The van der Waals surface area contributed by atoms with E-state index in [-0.39, 0.29) is 5.91 Å². The van der Waals surface area contributed by atoms with E-state index >= 15 is 0 Å². The fraction of sp³-hybridized carbons (Fsp3) is 0.222. The molecule has 14 heavy (non-hydrogen) atoms. The lowest BCUT2D eigenvalue weighted by Gasteiger charge is -2.05. The molecule has 0 radical (unpaired) electrons. The molecule has 0 aromatic heterocycles. The van der Waals surface area contributed by atoms with Crippen LogP contribution in [0.25, 0.3) is 0 Å². The van der Waals surface area contributed by atoms with Crippen molar-refractivity contribution in [2.45, 2.75) is 11.1 Å². The molecule has 0 spiro atoms. The monoisotopic (exact) mass is 253 g/mol. The Hall–Kier alpha value is -1.23. The summed E-state index contributed by atoms with van der Waals surface area (Å²) in [6, 6.07) is 9.68. The summed E-state index contributed by atoms with van der Waals surface area (Å²) in [5, 5.41) is 9.88. The van der Waals surface area contributed by atoms with E-state index in [0.717, 1.165) is 5.56 Å². The Kier molecular flexibility index (Phi) is 2.33. The molecule has 1 amide bonds. The lowest BCUT2D eigenvalue weighted by Crippen LogP contribution is -2.32. The smallest absolute Gasteiger partial charge is 0.320 e. The highest BCUT2D eigenvalue weighted by atomic mass is 79.9. The van der Waals surface area contributed by atoms with Gasteiger partial charge in [-0.3, -0.25) is 4.79 Å². The van der Waals surface area contributed by atoms with Crippen molar-refractivity contribution in [3.8, 4) is 0 Å². The van der Waals surface area contributed by atoms with Gasteiger partial charge in [-0.05, 0) is 21.5 Å². The molecule has 1 aromatic carbocycles. The summed E-state index contributed by atoms with van der Waals surface area (Å²) in [5.74, 6) is -0.221. The van der Waals surface area contributed by atoms with Gasteiger partial charge in [0.05, 0.1) is 0 Å². The van der Waals surface area contributed by atoms with Crippen LogP contribution in [0, 0.1) is 0 Å². The Morgan fingerprint density at radius 3 is 2.57 bits per heavy atom. The fourth-order valence-electron chi connectivity index (χ4n) is 1.03. The van der Waals surface area contributed by atoms with E-state index in [1.165, 1.54) is 0 Å². The summed E-state index contributed by atoms with van der Waals surface area (Å²) in [5.41, 5.74) is 1.05. The lowest BCUT2D eigenvalue weighted by atomic mass is 10.2. The molecule has 1 N–H and O–H groups in total. The highest BCUT2D eigenvalue weighted by molar-refractivity contribution is 9.10. The number of hydrogen-bond donors (Lipinski definition) is 1. The van der Waals surface area contributed by atoms with Crippen molar-refractivity contribution >= 4 is 21.8 Å². The molecule has 2 rings (SSSR count). The van der Waals surface area contributed by atoms with Crippen LogP contribution in [0.5, 0.6) is 0 Å². The number of halogens is 1. The average Bonchev–Trinajstić information content (AvgIpc) is 2.96. The highest BCUT2D eigenvalue weighted by Gasteiger charge is 2.45. The normalized spacial score (nSPS) is 16.4. The summed E-state index contributed by atoms with van der Waals surface area (Å²) in [7, 11) is 0. The van der Waals surface area contributed by atoms with Gasteiger partial charge >= 0.3 is 4.57 Å². The number of nitrogens with one attached hydrogen (secondary N) is 1. The third-order valence-corrected chi connectivity index (χ3v) is 2.54. The van der Waals surface area contributed by atoms with Gasteiger partial charge in [0.25, 0.3) is 5.91 Å². The largest absolute Gasteiger partial charge is 0.347 e. The molecular formula is C9H8BrN3O. The first-order valence-corrected chi connectivity index (χ1v) is 4.95. The maximum Gasteiger partial charge on any atom is 0.320 e. The minimum atomic E-state index is -0.998. The molecule has 0 fully saturated rings. The summed E-state index contributed by atoms with van der Waals surface area (Å²) in [4.78, 5) is 11.4. The number of alkyl halides is 1. The zero-order valence-electron chi connectivity index (χ0n) is 7.27. The van der Waals surface area contributed by atoms with E-state index in [1.54, 1.807) is 0 Å². The summed E-state index contributed by atoms with van der Waals surface area (Å²) >= 11 is 3.08. The van der Waals surface area contributed by atoms with Gasteiger partial charge in [-0.1, -0.05) is 30.3 Å². The lowest BCUT2D eigenvalue weighted by molar-refractivity contribution is -0.121. The van der Waals surface area contributed by atoms with Crippen LogP contribution in [-0.4, -0.2) is 10.5 Å². The fourth-order valence-corrected chi connectivity index (χ4v) is 1.24. The number of hydrogen-bond acceptors (Lipinski definition) is 3. The first kappa shape index (κ1) is 9.33. The molecule has 0 unspecified atom stereocenters. The molecule has 72 valence electrons. The number of carbonyl (C=O) groups is 1. The second-order valence-corrected chi connectivity index (χ2v) is 4.06. The standard InChI is InChI=1S/C9H8BrN3O/c10-9(12-13-9)8(14)11-6-7-4-2-1-3-5-7/h1-5H,6H2,(H,11,14). The summed E-state index contributed by atoms with van der Waals surface area (Å²) in [6.07, 6.45) is 0. The van der Waals surface area contributed by atoms with Gasteiger partial charge < -0.3 is 5.32 Å². The molecule has 0 saturated carbocycles. The van der Waals surface area contributed by atoms with Gasteiger partial charge in [0, 0.05) is 6.54 Å². The quantitative estimate of drug-likeness (QED) is 0.649. The number of amides is 1. The number of carbonyl (C=O) groups excluding carboxylic acids is 1. The van der Waals surface area contributed by atoms with Gasteiger partial charge in [-0.2, -0.15) is 0 Å². The Morgan fingerprint density at radius 1 is 1.36 bits per heavy atom. The van der Waals surface area contributed by atoms with E-state index in [4.69, 9.17) is 0 Å². The van der Waals surface area contributed by atoms with Crippen molar-refractivity contribution < 1.29 is 4.79 Å². The van der Waals surface area contributed by atoms with Crippen LogP contribution >= 0.6 is 15.9 Å². The topological polar surface area (TPSA) is 53.8 Å².